The van der Waals surface area contributed by atoms with Crippen LogP contribution < -0.4 is 11.1 Å². The Hall–Kier alpha value is -0.780. The lowest BCUT2D eigenvalue weighted by Crippen LogP contribution is -2.55. The highest BCUT2D eigenvalue weighted by molar-refractivity contribution is 7.99. The Labute approximate surface area is 117 Å². The van der Waals surface area contributed by atoms with Gasteiger partial charge in [0.05, 0.1) is 5.69 Å². The molecule has 5 heteroatoms. The largest absolute Gasteiger partial charge is 0.396 e. The average molecular weight is 281 g/mol. The van der Waals surface area contributed by atoms with Crippen LogP contribution >= 0.6 is 11.8 Å². The maximum absolute atomic E-state index is 13.4. The minimum absolute atomic E-state index is 0.304. The summed E-state index contributed by atoms with van der Waals surface area (Å²) in [5, 5.41) is 3.86. The molecule has 2 heterocycles. The van der Waals surface area contributed by atoms with Crippen molar-refractivity contribution in [2.45, 2.75) is 18.2 Å². The normalized spacial score (nSPS) is 28.1. The van der Waals surface area contributed by atoms with Crippen molar-refractivity contribution in [2.24, 2.45) is 0 Å². The van der Waals surface area contributed by atoms with Gasteiger partial charge in [0.15, 0.2) is 0 Å². The SMILES string of the molecule is Cc1c([C@@H]2CN3CCNC[C@H]3CS2)ccc(F)c1N. The highest BCUT2D eigenvalue weighted by Gasteiger charge is 2.31. The smallest absolute Gasteiger partial charge is 0.146 e. The van der Waals surface area contributed by atoms with Crippen LogP contribution in [-0.4, -0.2) is 42.9 Å². The highest BCUT2D eigenvalue weighted by atomic mass is 32.2. The molecule has 104 valence electrons. The maximum Gasteiger partial charge on any atom is 0.146 e. The number of nitrogens with two attached hydrogens (primary N) is 1. The van der Waals surface area contributed by atoms with E-state index in [9.17, 15) is 4.39 Å². The molecule has 1 aromatic carbocycles. The summed E-state index contributed by atoms with van der Waals surface area (Å²) < 4.78 is 13.4. The van der Waals surface area contributed by atoms with E-state index in [2.05, 4.69) is 10.2 Å². The summed E-state index contributed by atoms with van der Waals surface area (Å²) in [6.07, 6.45) is 0. The molecular weight excluding hydrogens is 261 g/mol. The molecule has 2 aliphatic heterocycles. The summed E-state index contributed by atoms with van der Waals surface area (Å²) >= 11 is 1.97. The zero-order valence-corrected chi connectivity index (χ0v) is 12.0. The lowest BCUT2D eigenvalue weighted by molar-refractivity contribution is 0.170. The summed E-state index contributed by atoms with van der Waals surface area (Å²) in [5.41, 5.74) is 8.22. The molecule has 0 radical (unpaired) electrons. The number of fused-ring (bicyclic) bond motifs is 1. The number of piperazine rings is 1. The molecule has 2 fully saturated rings. The van der Waals surface area contributed by atoms with Gasteiger partial charge < -0.3 is 11.1 Å². The second-order valence-corrected chi connectivity index (χ2v) is 6.59. The van der Waals surface area contributed by atoms with E-state index in [0.717, 1.165) is 37.5 Å². The fourth-order valence-corrected chi connectivity index (χ4v) is 4.46. The maximum atomic E-state index is 13.4. The minimum atomic E-state index is -0.304. The van der Waals surface area contributed by atoms with Gasteiger partial charge in [0.2, 0.25) is 0 Å². The van der Waals surface area contributed by atoms with Crippen LogP contribution in [0.3, 0.4) is 0 Å². The Balaban J connectivity index is 1.81. The monoisotopic (exact) mass is 281 g/mol. The van der Waals surface area contributed by atoms with Crippen molar-refractivity contribution in [2.75, 3.05) is 37.7 Å². The Kier molecular flexibility index (Phi) is 3.69. The molecule has 19 heavy (non-hydrogen) atoms. The fourth-order valence-electron chi connectivity index (χ4n) is 2.95. The number of hydrogen-bond acceptors (Lipinski definition) is 4. The third kappa shape index (κ3) is 2.47. The number of nitrogens with one attached hydrogen (secondary N) is 1. The molecule has 2 atom stereocenters. The number of thioether (sulfide) groups is 1. The Morgan fingerprint density at radius 3 is 3.16 bits per heavy atom. The lowest BCUT2D eigenvalue weighted by atomic mass is 10.0. The zero-order chi connectivity index (χ0) is 13.4. The van der Waals surface area contributed by atoms with Gasteiger partial charge in [-0.2, -0.15) is 11.8 Å². The van der Waals surface area contributed by atoms with Gasteiger partial charge in [0, 0.05) is 43.2 Å². The fraction of sp³-hybridized carbons (Fsp3) is 0.571. The van der Waals surface area contributed by atoms with Crippen LogP contribution in [0.15, 0.2) is 12.1 Å². The van der Waals surface area contributed by atoms with Crippen molar-refractivity contribution in [1.29, 1.82) is 0 Å². The van der Waals surface area contributed by atoms with Crippen LogP contribution in [0, 0.1) is 12.7 Å². The first kappa shape index (κ1) is 13.2. The van der Waals surface area contributed by atoms with E-state index in [1.807, 2.05) is 24.8 Å². The van der Waals surface area contributed by atoms with Crippen LogP contribution in [0.1, 0.15) is 16.4 Å². The number of nitrogens with zero attached hydrogens (tertiary/aromatic N) is 1. The van der Waals surface area contributed by atoms with Crippen molar-refractivity contribution in [1.82, 2.24) is 10.2 Å². The molecule has 0 unspecified atom stereocenters. The van der Waals surface area contributed by atoms with Gasteiger partial charge in [0.1, 0.15) is 5.82 Å². The average Bonchev–Trinajstić information content (AvgIpc) is 2.44. The van der Waals surface area contributed by atoms with Gasteiger partial charge in [-0.05, 0) is 24.1 Å². The van der Waals surface area contributed by atoms with Crippen LogP contribution in [0.5, 0.6) is 0 Å². The van der Waals surface area contributed by atoms with Crippen molar-refractivity contribution in [3.05, 3.63) is 29.1 Å². The van der Waals surface area contributed by atoms with Crippen LogP contribution in [0.25, 0.3) is 0 Å². The molecule has 0 aromatic heterocycles. The van der Waals surface area contributed by atoms with Gasteiger partial charge in [-0.1, -0.05) is 6.07 Å². The third-order valence-electron chi connectivity index (χ3n) is 4.21. The summed E-state index contributed by atoms with van der Waals surface area (Å²) in [7, 11) is 0. The second-order valence-electron chi connectivity index (χ2n) is 5.35. The quantitative estimate of drug-likeness (QED) is 0.770. The zero-order valence-electron chi connectivity index (χ0n) is 11.2. The second kappa shape index (κ2) is 5.31. The van der Waals surface area contributed by atoms with E-state index in [1.165, 1.54) is 11.6 Å². The summed E-state index contributed by atoms with van der Waals surface area (Å²) in [5.74, 6) is 0.830. The van der Waals surface area contributed by atoms with E-state index in [1.54, 1.807) is 0 Å². The van der Waals surface area contributed by atoms with E-state index in [4.69, 9.17) is 5.73 Å². The lowest BCUT2D eigenvalue weighted by Gasteiger charge is -2.42. The highest BCUT2D eigenvalue weighted by Crippen LogP contribution is 2.38. The number of benzene rings is 1. The summed E-state index contributed by atoms with van der Waals surface area (Å²) in [6.45, 7) is 6.24. The number of hydrogen-bond donors (Lipinski definition) is 2. The molecule has 0 saturated carbocycles. The Morgan fingerprint density at radius 2 is 2.32 bits per heavy atom. The molecule has 3 rings (SSSR count). The summed E-state index contributed by atoms with van der Waals surface area (Å²) in [4.78, 5) is 2.55. The Morgan fingerprint density at radius 1 is 1.47 bits per heavy atom. The molecule has 3 N–H and O–H groups in total. The number of rotatable bonds is 1. The number of nitrogen functional groups attached to an aromatic ring is 1. The van der Waals surface area contributed by atoms with Crippen LogP contribution in [0.4, 0.5) is 10.1 Å². The van der Waals surface area contributed by atoms with E-state index >= 15 is 0 Å². The van der Waals surface area contributed by atoms with E-state index in [0.29, 0.717) is 17.0 Å². The molecule has 3 nitrogen and oxygen atoms in total. The van der Waals surface area contributed by atoms with Gasteiger partial charge in [-0.15, -0.1) is 0 Å². The van der Waals surface area contributed by atoms with Gasteiger partial charge in [-0.3, -0.25) is 4.90 Å². The molecule has 0 spiro atoms. The first-order valence-electron chi connectivity index (χ1n) is 6.77. The first-order valence-corrected chi connectivity index (χ1v) is 7.82. The summed E-state index contributed by atoms with van der Waals surface area (Å²) in [6, 6.07) is 4.05. The predicted molar refractivity (Wildman–Crippen MR) is 79.0 cm³/mol. The van der Waals surface area contributed by atoms with Crippen molar-refractivity contribution >= 4 is 17.4 Å². The molecule has 0 bridgehead atoms. The first-order chi connectivity index (χ1) is 9.16. The minimum Gasteiger partial charge on any atom is -0.396 e. The van der Waals surface area contributed by atoms with Crippen molar-refractivity contribution in [3.8, 4) is 0 Å². The third-order valence-corrected chi connectivity index (χ3v) is 5.60. The molecule has 2 aliphatic rings. The number of anilines is 1. The topological polar surface area (TPSA) is 41.3 Å². The standard InChI is InChI=1S/C14H20FN3S/c1-9-11(2-3-12(15)14(9)16)13-7-18-5-4-17-6-10(18)8-19-13/h2-3,10,13,17H,4-8,16H2,1H3/t10-,13-/m0/s1. The molecule has 2 saturated heterocycles. The van der Waals surface area contributed by atoms with Gasteiger partial charge >= 0.3 is 0 Å². The molecule has 0 aliphatic carbocycles. The van der Waals surface area contributed by atoms with E-state index in [-0.39, 0.29) is 5.82 Å². The van der Waals surface area contributed by atoms with Crippen molar-refractivity contribution < 1.29 is 4.39 Å². The molecule has 1 aromatic rings. The molecule has 0 amide bonds. The van der Waals surface area contributed by atoms with Crippen molar-refractivity contribution in [3.63, 3.8) is 0 Å². The van der Waals surface area contributed by atoms with Crippen LogP contribution in [0.2, 0.25) is 0 Å². The van der Waals surface area contributed by atoms with Gasteiger partial charge in [-0.25, -0.2) is 4.39 Å². The molecular formula is C14H20FN3S. The van der Waals surface area contributed by atoms with Crippen LogP contribution in [-0.2, 0) is 0 Å². The van der Waals surface area contributed by atoms with Gasteiger partial charge in [0.25, 0.3) is 0 Å². The predicted octanol–water partition coefficient (Wildman–Crippen LogP) is 1.78. The Bertz CT molecular complexity index is 480. The number of halogens is 1. The van der Waals surface area contributed by atoms with E-state index < -0.39 is 0 Å².